The van der Waals surface area contributed by atoms with Crippen molar-refractivity contribution in [2.45, 2.75) is 20.3 Å². The molecule has 7 heteroatoms. The van der Waals surface area contributed by atoms with Crippen molar-refractivity contribution < 1.29 is 9.18 Å². The highest BCUT2D eigenvalue weighted by atomic mass is 19.1. The van der Waals surface area contributed by atoms with Crippen LogP contribution in [0.15, 0.2) is 30.3 Å². The Balaban J connectivity index is 1.61. The Bertz CT molecular complexity index is 774. The summed E-state index contributed by atoms with van der Waals surface area (Å²) in [5, 5.41) is 3.26. The van der Waals surface area contributed by atoms with Crippen LogP contribution in [-0.2, 0) is 11.2 Å². The third-order valence-electron chi connectivity index (χ3n) is 4.51. The number of benzene rings is 1. The number of nitrogens with zero attached hydrogens (tertiary/aromatic N) is 4. The molecule has 3 rings (SSSR count). The first kappa shape index (κ1) is 18.1. The fourth-order valence-corrected chi connectivity index (χ4v) is 3.03. The molecule has 1 fully saturated rings. The first-order valence-electron chi connectivity index (χ1n) is 8.86. The summed E-state index contributed by atoms with van der Waals surface area (Å²) in [5.74, 6) is 1.32. The molecule has 1 aromatic carbocycles. The summed E-state index contributed by atoms with van der Waals surface area (Å²) < 4.78 is 13.7. The number of halogens is 1. The minimum absolute atomic E-state index is 0.102. The summed E-state index contributed by atoms with van der Waals surface area (Å²) in [7, 11) is 0. The average Bonchev–Trinajstić information content (AvgIpc) is 2.63. The molecule has 2 heterocycles. The molecule has 0 aliphatic carbocycles. The second kappa shape index (κ2) is 8.12. The zero-order valence-electron chi connectivity index (χ0n) is 15.2. The van der Waals surface area contributed by atoms with Crippen molar-refractivity contribution in [1.82, 2.24) is 14.9 Å². The zero-order chi connectivity index (χ0) is 18.5. The van der Waals surface area contributed by atoms with Gasteiger partial charge in [-0.15, -0.1) is 0 Å². The van der Waals surface area contributed by atoms with E-state index in [0.717, 1.165) is 24.6 Å². The second-order valence-electron chi connectivity index (χ2n) is 6.46. The van der Waals surface area contributed by atoms with Gasteiger partial charge in [-0.25, -0.2) is 9.37 Å². The predicted molar refractivity (Wildman–Crippen MR) is 99.8 cm³/mol. The van der Waals surface area contributed by atoms with E-state index in [0.29, 0.717) is 37.6 Å². The molecule has 1 aromatic heterocycles. The highest BCUT2D eigenvalue weighted by Crippen LogP contribution is 2.16. The van der Waals surface area contributed by atoms with E-state index in [1.807, 2.05) is 24.0 Å². The van der Waals surface area contributed by atoms with Gasteiger partial charge in [0.15, 0.2) is 0 Å². The van der Waals surface area contributed by atoms with E-state index in [-0.39, 0.29) is 11.7 Å². The zero-order valence-corrected chi connectivity index (χ0v) is 15.2. The molecule has 1 amide bonds. The maximum Gasteiger partial charge on any atom is 0.227 e. The third-order valence-corrected chi connectivity index (χ3v) is 4.51. The van der Waals surface area contributed by atoms with Gasteiger partial charge in [-0.2, -0.15) is 4.98 Å². The van der Waals surface area contributed by atoms with Gasteiger partial charge in [-0.05, 0) is 25.0 Å². The number of aromatic nitrogens is 2. The topological polar surface area (TPSA) is 61.4 Å². The molecule has 0 radical (unpaired) electrons. The lowest BCUT2D eigenvalue weighted by atomic mass is 10.1. The van der Waals surface area contributed by atoms with E-state index >= 15 is 0 Å². The lowest BCUT2D eigenvalue weighted by molar-refractivity contribution is -0.129. The van der Waals surface area contributed by atoms with Gasteiger partial charge in [-0.3, -0.25) is 4.79 Å². The maximum atomic E-state index is 13.7. The van der Waals surface area contributed by atoms with Gasteiger partial charge >= 0.3 is 0 Å². The highest BCUT2D eigenvalue weighted by Gasteiger charge is 2.20. The number of carbonyl (C=O) groups is 1. The van der Waals surface area contributed by atoms with E-state index in [4.69, 9.17) is 0 Å². The Labute approximate surface area is 153 Å². The molecule has 0 unspecified atom stereocenters. The molecule has 1 aliphatic heterocycles. The predicted octanol–water partition coefficient (Wildman–Crippen LogP) is 2.25. The smallest absolute Gasteiger partial charge is 0.227 e. The Kier molecular flexibility index (Phi) is 5.65. The number of carbonyl (C=O) groups excluding carboxylic acids is 1. The first-order chi connectivity index (χ1) is 12.5. The van der Waals surface area contributed by atoms with Crippen molar-refractivity contribution in [3.05, 3.63) is 47.4 Å². The maximum absolute atomic E-state index is 13.7. The van der Waals surface area contributed by atoms with Gasteiger partial charge < -0.3 is 15.1 Å². The largest absolute Gasteiger partial charge is 0.370 e. The van der Waals surface area contributed by atoms with Crippen LogP contribution in [0.4, 0.5) is 16.2 Å². The average molecular weight is 357 g/mol. The quantitative estimate of drug-likeness (QED) is 0.889. The summed E-state index contributed by atoms with van der Waals surface area (Å²) in [5.41, 5.74) is 1.56. The summed E-state index contributed by atoms with van der Waals surface area (Å²) in [6.07, 6.45) is 0.586. The molecular weight excluding hydrogens is 333 g/mol. The molecule has 0 spiro atoms. The van der Waals surface area contributed by atoms with Crippen LogP contribution in [0, 0.1) is 12.7 Å². The summed E-state index contributed by atoms with van der Waals surface area (Å²) >= 11 is 0. The molecule has 6 nitrogen and oxygen atoms in total. The Morgan fingerprint density at radius 1 is 1.19 bits per heavy atom. The van der Waals surface area contributed by atoms with Gasteiger partial charge in [0, 0.05) is 51.4 Å². The molecule has 0 bridgehead atoms. The SMILES string of the molecule is CC(=O)N1CCN(c2nc(C)cc(NCCc3ccccc3F)n2)CC1. The molecular formula is C19H24FN5O. The minimum Gasteiger partial charge on any atom is -0.370 e. The minimum atomic E-state index is -0.183. The van der Waals surface area contributed by atoms with Gasteiger partial charge in [0.25, 0.3) is 0 Å². The highest BCUT2D eigenvalue weighted by molar-refractivity contribution is 5.73. The van der Waals surface area contributed by atoms with Crippen molar-refractivity contribution >= 4 is 17.7 Å². The van der Waals surface area contributed by atoms with Gasteiger partial charge in [0.05, 0.1) is 0 Å². The van der Waals surface area contributed by atoms with Crippen LogP contribution in [0.5, 0.6) is 0 Å². The number of anilines is 2. The Hall–Kier alpha value is -2.70. The van der Waals surface area contributed by atoms with Crippen LogP contribution in [0.1, 0.15) is 18.2 Å². The van der Waals surface area contributed by atoms with E-state index < -0.39 is 0 Å². The number of piperazine rings is 1. The van der Waals surface area contributed by atoms with Crippen LogP contribution in [-0.4, -0.2) is 53.5 Å². The van der Waals surface area contributed by atoms with Crippen molar-refractivity contribution in [3.8, 4) is 0 Å². The molecule has 26 heavy (non-hydrogen) atoms. The summed E-state index contributed by atoms with van der Waals surface area (Å²) in [4.78, 5) is 24.5. The van der Waals surface area contributed by atoms with E-state index in [2.05, 4.69) is 20.2 Å². The fourth-order valence-electron chi connectivity index (χ4n) is 3.03. The first-order valence-corrected chi connectivity index (χ1v) is 8.86. The second-order valence-corrected chi connectivity index (χ2v) is 6.46. The normalized spacial score (nSPS) is 14.4. The fraction of sp³-hybridized carbons (Fsp3) is 0.421. The lowest BCUT2D eigenvalue weighted by Gasteiger charge is -2.34. The number of hydrogen-bond acceptors (Lipinski definition) is 5. The van der Waals surface area contributed by atoms with Crippen molar-refractivity contribution in [1.29, 1.82) is 0 Å². The number of aryl methyl sites for hydroxylation is 1. The monoisotopic (exact) mass is 357 g/mol. The molecule has 2 aromatic rings. The molecule has 1 N–H and O–H groups in total. The summed E-state index contributed by atoms with van der Waals surface area (Å²) in [6.45, 7) is 6.92. The summed E-state index contributed by atoms with van der Waals surface area (Å²) in [6, 6.07) is 8.69. The lowest BCUT2D eigenvalue weighted by Crippen LogP contribution is -2.48. The molecule has 0 atom stereocenters. The van der Waals surface area contributed by atoms with Crippen LogP contribution >= 0.6 is 0 Å². The molecule has 0 saturated carbocycles. The Morgan fingerprint density at radius 2 is 1.92 bits per heavy atom. The van der Waals surface area contributed by atoms with Crippen molar-refractivity contribution in [2.75, 3.05) is 42.9 Å². The van der Waals surface area contributed by atoms with Crippen LogP contribution in [0.2, 0.25) is 0 Å². The third kappa shape index (κ3) is 4.47. The van der Waals surface area contributed by atoms with Gasteiger partial charge in [0.1, 0.15) is 11.6 Å². The number of nitrogens with one attached hydrogen (secondary N) is 1. The van der Waals surface area contributed by atoms with Gasteiger partial charge in [-0.1, -0.05) is 18.2 Å². The van der Waals surface area contributed by atoms with Crippen molar-refractivity contribution in [3.63, 3.8) is 0 Å². The van der Waals surface area contributed by atoms with Crippen LogP contribution < -0.4 is 10.2 Å². The number of hydrogen-bond donors (Lipinski definition) is 1. The van der Waals surface area contributed by atoms with E-state index in [9.17, 15) is 9.18 Å². The number of amides is 1. The number of rotatable bonds is 5. The van der Waals surface area contributed by atoms with Crippen molar-refractivity contribution in [2.24, 2.45) is 0 Å². The van der Waals surface area contributed by atoms with E-state index in [1.165, 1.54) is 6.07 Å². The standard InChI is InChI=1S/C19H24FN5O/c1-14-13-18(21-8-7-16-5-3-4-6-17(16)20)23-19(22-14)25-11-9-24(10-12-25)15(2)26/h3-6,13H,7-12H2,1-2H3,(H,21,22,23). The molecule has 1 aliphatic rings. The molecule has 1 saturated heterocycles. The molecule has 138 valence electrons. The van der Waals surface area contributed by atoms with E-state index in [1.54, 1.807) is 19.1 Å². The van der Waals surface area contributed by atoms with Crippen LogP contribution in [0.3, 0.4) is 0 Å². The van der Waals surface area contributed by atoms with Crippen LogP contribution in [0.25, 0.3) is 0 Å². The Morgan fingerprint density at radius 3 is 2.62 bits per heavy atom. The van der Waals surface area contributed by atoms with Gasteiger partial charge in [0.2, 0.25) is 11.9 Å².